The Kier molecular flexibility index (Phi) is 5.05. The third-order valence-electron chi connectivity index (χ3n) is 4.64. The van der Waals surface area contributed by atoms with Crippen LogP contribution in [0, 0.1) is 5.82 Å². The van der Waals surface area contributed by atoms with Crippen LogP contribution in [0.5, 0.6) is 0 Å². The van der Waals surface area contributed by atoms with Crippen LogP contribution in [0.1, 0.15) is 39.2 Å². The molecule has 1 heterocycles. The zero-order valence-electron chi connectivity index (χ0n) is 12.5. The molecule has 0 aromatic heterocycles. The van der Waals surface area contributed by atoms with Crippen molar-refractivity contribution >= 4 is 11.6 Å². The van der Waals surface area contributed by atoms with Gasteiger partial charge in [-0.2, -0.15) is 0 Å². The monoisotopic (exact) mass is 298 g/mol. The lowest BCUT2D eigenvalue weighted by molar-refractivity contribution is 0.0400. The van der Waals surface area contributed by atoms with Crippen molar-refractivity contribution in [1.29, 1.82) is 0 Å². The summed E-state index contributed by atoms with van der Waals surface area (Å²) in [5.41, 5.74) is 0.669. The second kappa shape index (κ2) is 6.42. The van der Waals surface area contributed by atoms with Crippen molar-refractivity contribution in [3.8, 4) is 0 Å². The third-order valence-corrected chi connectivity index (χ3v) is 5.00. The fraction of sp³-hybridized carbons (Fsp3) is 0.625. The van der Waals surface area contributed by atoms with Crippen LogP contribution in [0.3, 0.4) is 0 Å². The molecule has 0 aliphatic carbocycles. The first-order valence-corrected chi connectivity index (χ1v) is 7.79. The highest BCUT2D eigenvalue weighted by Crippen LogP contribution is 2.29. The Balaban J connectivity index is 2.23. The van der Waals surface area contributed by atoms with Gasteiger partial charge in [0.2, 0.25) is 0 Å². The molecule has 1 aliphatic rings. The summed E-state index contributed by atoms with van der Waals surface area (Å²) in [6, 6.07) is 5.39. The summed E-state index contributed by atoms with van der Waals surface area (Å²) in [7, 11) is 0. The number of hydrogen-bond donors (Lipinski definition) is 1. The summed E-state index contributed by atoms with van der Waals surface area (Å²) in [5.74, 6) is -0.206. The molecule has 2 unspecified atom stereocenters. The highest BCUT2D eigenvalue weighted by atomic mass is 35.5. The van der Waals surface area contributed by atoms with Gasteiger partial charge in [0.15, 0.2) is 0 Å². The molecule has 0 radical (unpaired) electrons. The van der Waals surface area contributed by atoms with E-state index in [4.69, 9.17) is 11.6 Å². The van der Waals surface area contributed by atoms with Gasteiger partial charge in [-0.15, -0.1) is 0 Å². The van der Waals surface area contributed by atoms with Gasteiger partial charge in [0.05, 0.1) is 0 Å². The fourth-order valence-electron chi connectivity index (χ4n) is 2.78. The summed E-state index contributed by atoms with van der Waals surface area (Å²) in [5, 5.41) is 4.11. The minimum Gasteiger partial charge on any atom is -0.311 e. The lowest BCUT2D eigenvalue weighted by Gasteiger charge is -2.48. The number of rotatable bonds is 4. The Morgan fingerprint density at radius 2 is 2.20 bits per heavy atom. The summed E-state index contributed by atoms with van der Waals surface area (Å²) in [6.45, 7) is 9.05. The molecule has 2 nitrogen and oxygen atoms in total. The molecule has 1 N–H and O–H groups in total. The SMILES string of the molecule is CCC1CN(Cc2c(F)cccc2Cl)C(C)(CC)CN1. The van der Waals surface area contributed by atoms with Gasteiger partial charge in [-0.1, -0.05) is 31.5 Å². The van der Waals surface area contributed by atoms with Crippen LogP contribution in [0.15, 0.2) is 18.2 Å². The molecule has 1 aliphatic heterocycles. The molecule has 2 atom stereocenters. The molecule has 2 rings (SSSR count). The minimum absolute atomic E-state index is 0.0529. The van der Waals surface area contributed by atoms with Gasteiger partial charge in [-0.05, 0) is 31.9 Å². The van der Waals surface area contributed by atoms with Gasteiger partial charge < -0.3 is 5.32 Å². The van der Waals surface area contributed by atoms with Crippen LogP contribution in [0.4, 0.5) is 4.39 Å². The van der Waals surface area contributed by atoms with E-state index in [1.165, 1.54) is 6.07 Å². The van der Waals surface area contributed by atoms with E-state index < -0.39 is 0 Å². The maximum Gasteiger partial charge on any atom is 0.129 e. The molecular weight excluding hydrogens is 275 g/mol. The smallest absolute Gasteiger partial charge is 0.129 e. The van der Waals surface area contributed by atoms with E-state index in [0.29, 0.717) is 23.2 Å². The van der Waals surface area contributed by atoms with E-state index in [1.807, 2.05) is 0 Å². The zero-order valence-corrected chi connectivity index (χ0v) is 13.3. The van der Waals surface area contributed by atoms with E-state index in [9.17, 15) is 4.39 Å². The summed E-state index contributed by atoms with van der Waals surface area (Å²) >= 11 is 6.17. The normalized spacial score (nSPS) is 27.8. The van der Waals surface area contributed by atoms with Crippen molar-refractivity contribution in [1.82, 2.24) is 10.2 Å². The lowest BCUT2D eigenvalue weighted by Crippen LogP contribution is -2.62. The first kappa shape index (κ1) is 15.7. The van der Waals surface area contributed by atoms with E-state index in [2.05, 4.69) is 31.0 Å². The fourth-order valence-corrected chi connectivity index (χ4v) is 3.00. The van der Waals surface area contributed by atoms with Crippen LogP contribution < -0.4 is 5.32 Å². The van der Waals surface area contributed by atoms with Crippen molar-refractivity contribution in [2.75, 3.05) is 13.1 Å². The molecule has 0 saturated carbocycles. The highest BCUT2D eigenvalue weighted by molar-refractivity contribution is 6.31. The van der Waals surface area contributed by atoms with Gasteiger partial charge in [0.25, 0.3) is 0 Å². The van der Waals surface area contributed by atoms with Crippen molar-refractivity contribution in [3.05, 3.63) is 34.6 Å². The Morgan fingerprint density at radius 3 is 2.80 bits per heavy atom. The molecule has 1 aromatic rings. The maximum absolute atomic E-state index is 14.0. The summed E-state index contributed by atoms with van der Waals surface area (Å²) in [6.07, 6.45) is 2.11. The molecule has 0 amide bonds. The van der Waals surface area contributed by atoms with Crippen LogP contribution >= 0.6 is 11.6 Å². The maximum atomic E-state index is 14.0. The number of nitrogens with zero attached hydrogens (tertiary/aromatic N) is 1. The number of nitrogens with one attached hydrogen (secondary N) is 1. The molecule has 1 fully saturated rings. The van der Waals surface area contributed by atoms with E-state index in [1.54, 1.807) is 12.1 Å². The standard InChI is InChI=1S/C16H24ClFN2/c1-4-12-9-20(16(3,5-2)11-19-12)10-13-14(17)7-6-8-15(13)18/h6-8,12,19H,4-5,9-11H2,1-3H3. The van der Waals surface area contributed by atoms with Crippen molar-refractivity contribution in [2.24, 2.45) is 0 Å². The van der Waals surface area contributed by atoms with Crippen LogP contribution in [-0.2, 0) is 6.54 Å². The third kappa shape index (κ3) is 3.16. The predicted octanol–water partition coefficient (Wildman–Crippen LogP) is 3.83. The second-order valence-electron chi connectivity index (χ2n) is 5.92. The second-order valence-corrected chi connectivity index (χ2v) is 6.32. The molecule has 20 heavy (non-hydrogen) atoms. The van der Waals surface area contributed by atoms with E-state index in [-0.39, 0.29) is 11.4 Å². The van der Waals surface area contributed by atoms with Crippen LogP contribution in [0.2, 0.25) is 5.02 Å². The average molecular weight is 299 g/mol. The van der Waals surface area contributed by atoms with Crippen molar-refractivity contribution in [3.63, 3.8) is 0 Å². The molecule has 0 spiro atoms. The summed E-state index contributed by atoms with van der Waals surface area (Å²) < 4.78 is 14.0. The zero-order chi connectivity index (χ0) is 14.8. The molecule has 112 valence electrons. The largest absolute Gasteiger partial charge is 0.311 e. The summed E-state index contributed by atoms with van der Waals surface area (Å²) in [4.78, 5) is 2.38. The minimum atomic E-state index is -0.206. The number of hydrogen-bond acceptors (Lipinski definition) is 2. The lowest BCUT2D eigenvalue weighted by atomic mass is 9.91. The first-order chi connectivity index (χ1) is 9.50. The average Bonchev–Trinajstić information content (AvgIpc) is 2.45. The van der Waals surface area contributed by atoms with Gasteiger partial charge in [0, 0.05) is 41.8 Å². The first-order valence-electron chi connectivity index (χ1n) is 7.41. The van der Waals surface area contributed by atoms with E-state index >= 15 is 0 Å². The Labute approximate surface area is 126 Å². The molecule has 4 heteroatoms. The Bertz CT molecular complexity index is 446. The van der Waals surface area contributed by atoms with Crippen LogP contribution in [-0.4, -0.2) is 29.6 Å². The quantitative estimate of drug-likeness (QED) is 0.909. The van der Waals surface area contributed by atoms with E-state index in [0.717, 1.165) is 25.9 Å². The molecule has 1 saturated heterocycles. The highest BCUT2D eigenvalue weighted by Gasteiger charge is 2.36. The molecule has 1 aromatic carbocycles. The predicted molar refractivity (Wildman–Crippen MR) is 82.6 cm³/mol. The van der Waals surface area contributed by atoms with Crippen molar-refractivity contribution in [2.45, 2.75) is 51.7 Å². The van der Waals surface area contributed by atoms with Gasteiger partial charge in [0.1, 0.15) is 5.82 Å². The van der Waals surface area contributed by atoms with Gasteiger partial charge >= 0.3 is 0 Å². The van der Waals surface area contributed by atoms with Crippen LogP contribution in [0.25, 0.3) is 0 Å². The number of benzene rings is 1. The molecular formula is C16H24ClFN2. The number of piperazine rings is 1. The van der Waals surface area contributed by atoms with Gasteiger partial charge in [-0.25, -0.2) is 4.39 Å². The molecule has 0 bridgehead atoms. The van der Waals surface area contributed by atoms with Gasteiger partial charge in [-0.3, -0.25) is 4.90 Å². The topological polar surface area (TPSA) is 15.3 Å². The Morgan fingerprint density at radius 1 is 1.45 bits per heavy atom. The number of halogens is 2. The Hall–Kier alpha value is -0.640. The van der Waals surface area contributed by atoms with Crippen molar-refractivity contribution < 1.29 is 4.39 Å².